The summed E-state index contributed by atoms with van der Waals surface area (Å²) >= 11 is 1.80. The molecule has 0 aromatic carbocycles. The van der Waals surface area contributed by atoms with Gasteiger partial charge in [0.15, 0.2) is 0 Å². The van der Waals surface area contributed by atoms with Crippen molar-refractivity contribution >= 4 is 11.3 Å². The fraction of sp³-hybridized carbons (Fsp3) is 0.750. The molecule has 2 N–H and O–H groups in total. The quantitative estimate of drug-likeness (QED) is 0.842. The monoisotopic (exact) mass is 226 g/mol. The van der Waals surface area contributed by atoms with Crippen LogP contribution in [-0.2, 0) is 11.8 Å². The molecule has 1 aromatic rings. The van der Waals surface area contributed by atoms with Crippen LogP contribution < -0.4 is 5.73 Å². The zero-order valence-electron chi connectivity index (χ0n) is 10.6. The highest BCUT2D eigenvalue weighted by atomic mass is 32.1. The van der Waals surface area contributed by atoms with E-state index >= 15 is 0 Å². The van der Waals surface area contributed by atoms with E-state index in [9.17, 15) is 0 Å². The Hall–Kier alpha value is -0.410. The number of aromatic nitrogens is 1. The summed E-state index contributed by atoms with van der Waals surface area (Å²) in [6.45, 7) is 12.8. The van der Waals surface area contributed by atoms with E-state index in [1.165, 1.54) is 9.88 Å². The van der Waals surface area contributed by atoms with Gasteiger partial charge < -0.3 is 5.73 Å². The van der Waals surface area contributed by atoms with Gasteiger partial charge in [-0.2, -0.15) is 0 Å². The van der Waals surface area contributed by atoms with Crippen LogP contribution in [0.4, 0.5) is 0 Å². The topological polar surface area (TPSA) is 38.9 Å². The third-order valence-corrected chi connectivity index (χ3v) is 3.73. The Morgan fingerprint density at radius 2 is 1.73 bits per heavy atom. The highest BCUT2D eigenvalue weighted by molar-refractivity contribution is 7.11. The Kier molecular flexibility index (Phi) is 3.27. The number of nitrogens with two attached hydrogens (primary N) is 1. The second-order valence-corrected chi connectivity index (χ2v) is 7.03. The van der Waals surface area contributed by atoms with Crippen molar-refractivity contribution in [2.75, 3.05) is 0 Å². The van der Waals surface area contributed by atoms with Crippen molar-refractivity contribution in [3.8, 4) is 0 Å². The van der Waals surface area contributed by atoms with Gasteiger partial charge in [0, 0.05) is 22.3 Å². The maximum Gasteiger partial charge on any atom is 0.0984 e. The van der Waals surface area contributed by atoms with Gasteiger partial charge >= 0.3 is 0 Å². The van der Waals surface area contributed by atoms with Gasteiger partial charge in [-0.25, -0.2) is 4.98 Å². The summed E-state index contributed by atoms with van der Waals surface area (Å²) in [7, 11) is 0. The molecule has 3 heteroatoms. The van der Waals surface area contributed by atoms with Crippen LogP contribution in [0.3, 0.4) is 0 Å². The second-order valence-electron chi connectivity index (χ2n) is 5.94. The molecule has 1 rings (SSSR count). The molecule has 1 aromatic heterocycles. The molecule has 0 radical (unpaired) electrons. The van der Waals surface area contributed by atoms with Crippen LogP contribution in [0, 0.1) is 6.92 Å². The van der Waals surface area contributed by atoms with Crippen LogP contribution >= 0.6 is 11.3 Å². The number of nitrogens with zero attached hydrogens (tertiary/aromatic N) is 1. The molecule has 0 aliphatic heterocycles. The smallest absolute Gasteiger partial charge is 0.0984 e. The maximum absolute atomic E-state index is 6.03. The molecule has 0 aliphatic rings. The lowest BCUT2D eigenvalue weighted by Gasteiger charge is -2.17. The minimum atomic E-state index is -0.146. The molecule has 0 saturated carbocycles. The Bertz CT molecular complexity index is 339. The molecule has 0 fully saturated rings. The summed E-state index contributed by atoms with van der Waals surface area (Å²) in [5.74, 6) is 0. The van der Waals surface area contributed by atoms with Gasteiger partial charge in [0.2, 0.25) is 0 Å². The fourth-order valence-corrected chi connectivity index (χ4v) is 2.69. The van der Waals surface area contributed by atoms with Gasteiger partial charge in [0.1, 0.15) is 0 Å². The molecule has 0 unspecified atom stereocenters. The van der Waals surface area contributed by atoms with E-state index in [1.807, 2.05) is 0 Å². The van der Waals surface area contributed by atoms with E-state index in [1.54, 1.807) is 11.3 Å². The summed E-state index contributed by atoms with van der Waals surface area (Å²) in [5, 5.41) is 1.21. The zero-order chi connectivity index (χ0) is 11.9. The minimum absolute atomic E-state index is 0.145. The third-order valence-electron chi connectivity index (χ3n) is 2.15. The average molecular weight is 226 g/mol. The van der Waals surface area contributed by atoms with Crippen molar-refractivity contribution in [3.05, 3.63) is 15.6 Å². The number of hydrogen-bond donors (Lipinski definition) is 1. The summed E-state index contributed by atoms with van der Waals surface area (Å²) in [6.07, 6.45) is 0.909. The number of thiazole rings is 1. The summed E-state index contributed by atoms with van der Waals surface area (Å²) in [6, 6.07) is 0. The van der Waals surface area contributed by atoms with Crippen LogP contribution in [0.2, 0.25) is 0 Å². The molecular weight excluding hydrogens is 204 g/mol. The third kappa shape index (κ3) is 3.58. The van der Waals surface area contributed by atoms with Crippen molar-refractivity contribution in [2.24, 2.45) is 5.73 Å². The molecule has 15 heavy (non-hydrogen) atoms. The molecule has 0 amide bonds. The van der Waals surface area contributed by atoms with Gasteiger partial charge in [-0.3, -0.25) is 0 Å². The molecule has 86 valence electrons. The SMILES string of the molecule is Cc1nc(C(C)(C)C)sc1CC(C)(C)N. The number of hydrogen-bond acceptors (Lipinski definition) is 3. The van der Waals surface area contributed by atoms with Gasteiger partial charge in [0.25, 0.3) is 0 Å². The predicted molar refractivity (Wildman–Crippen MR) is 67.5 cm³/mol. The molecule has 0 spiro atoms. The van der Waals surface area contributed by atoms with Crippen molar-refractivity contribution in [1.29, 1.82) is 0 Å². The molecule has 0 saturated heterocycles. The van der Waals surface area contributed by atoms with Gasteiger partial charge in [-0.15, -0.1) is 11.3 Å². The molecule has 1 heterocycles. The zero-order valence-corrected chi connectivity index (χ0v) is 11.5. The van der Waals surface area contributed by atoms with E-state index < -0.39 is 0 Å². The molecular formula is C12H22N2S. The maximum atomic E-state index is 6.03. The highest BCUT2D eigenvalue weighted by Crippen LogP contribution is 2.30. The van der Waals surface area contributed by atoms with E-state index in [0.717, 1.165) is 12.1 Å². The first-order chi connectivity index (χ1) is 6.59. The van der Waals surface area contributed by atoms with Crippen LogP contribution in [-0.4, -0.2) is 10.5 Å². The Morgan fingerprint density at radius 1 is 1.20 bits per heavy atom. The lowest BCUT2D eigenvalue weighted by Crippen LogP contribution is -2.34. The molecule has 2 nitrogen and oxygen atoms in total. The molecule has 0 atom stereocenters. The van der Waals surface area contributed by atoms with Crippen LogP contribution in [0.25, 0.3) is 0 Å². The number of aryl methyl sites for hydroxylation is 1. The predicted octanol–water partition coefficient (Wildman–Crippen LogP) is 3.03. The lowest BCUT2D eigenvalue weighted by atomic mass is 9.98. The van der Waals surface area contributed by atoms with Gasteiger partial charge in [-0.1, -0.05) is 20.8 Å². The van der Waals surface area contributed by atoms with Crippen molar-refractivity contribution in [3.63, 3.8) is 0 Å². The van der Waals surface area contributed by atoms with E-state index in [4.69, 9.17) is 5.73 Å². The van der Waals surface area contributed by atoms with Gasteiger partial charge in [-0.05, 0) is 20.8 Å². The van der Waals surface area contributed by atoms with Crippen LogP contribution in [0.5, 0.6) is 0 Å². The Labute approximate surface area is 96.9 Å². The van der Waals surface area contributed by atoms with E-state index in [2.05, 4.69) is 46.5 Å². The fourth-order valence-electron chi connectivity index (χ4n) is 1.33. The minimum Gasteiger partial charge on any atom is -0.325 e. The first kappa shape index (κ1) is 12.7. The number of rotatable bonds is 2. The van der Waals surface area contributed by atoms with E-state index in [-0.39, 0.29) is 11.0 Å². The van der Waals surface area contributed by atoms with Crippen molar-refractivity contribution < 1.29 is 0 Å². The average Bonchev–Trinajstić information content (AvgIpc) is 2.27. The highest BCUT2D eigenvalue weighted by Gasteiger charge is 2.22. The van der Waals surface area contributed by atoms with Crippen LogP contribution in [0.1, 0.15) is 50.2 Å². The summed E-state index contributed by atoms with van der Waals surface area (Å²) in [5.41, 5.74) is 7.17. The lowest BCUT2D eigenvalue weighted by molar-refractivity contribution is 0.519. The summed E-state index contributed by atoms with van der Waals surface area (Å²) < 4.78 is 0. The Morgan fingerprint density at radius 3 is 2.07 bits per heavy atom. The Balaban J connectivity index is 2.97. The first-order valence-electron chi connectivity index (χ1n) is 5.35. The summed E-state index contributed by atoms with van der Waals surface area (Å²) in [4.78, 5) is 5.96. The standard InChI is InChI=1S/C12H22N2S/c1-8-9(7-12(5,6)13)15-10(14-8)11(2,3)4/h7,13H2,1-6H3. The van der Waals surface area contributed by atoms with Crippen LogP contribution in [0.15, 0.2) is 0 Å². The second kappa shape index (κ2) is 3.87. The van der Waals surface area contributed by atoms with Gasteiger partial charge in [0.05, 0.1) is 10.7 Å². The largest absolute Gasteiger partial charge is 0.325 e. The van der Waals surface area contributed by atoms with E-state index in [0.29, 0.717) is 0 Å². The first-order valence-corrected chi connectivity index (χ1v) is 6.17. The van der Waals surface area contributed by atoms with Crippen molar-refractivity contribution in [1.82, 2.24) is 4.98 Å². The molecule has 0 bridgehead atoms. The molecule has 0 aliphatic carbocycles. The van der Waals surface area contributed by atoms with Crippen molar-refractivity contribution in [2.45, 2.75) is 58.9 Å². The normalized spacial score (nSPS) is 13.3.